The summed E-state index contributed by atoms with van der Waals surface area (Å²) < 4.78 is 0. The Morgan fingerprint density at radius 2 is 1.87 bits per heavy atom. The van der Waals surface area contributed by atoms with Gasteiger partial charge in [-0.15, -0.1) is 0 Å². The van der Waals surface area contributed by atoms with Crippen LogP contribution in [-0.2, 0) is 4.79 Å². The third-order valence-electron chi connectivity index (χ3n) is 1.74. The number of carboxylic acids is 1. The second kappa shape index (κ2) is 4.65. The summed E-state index contributed by atoms with van der Waals surface area (Å²) in [4.78, 5) is 21.4. The number of urea groups is 1. The molecule has 0 bridgehead atoms. The van der Waals surface area contributed by atoms with E-state index in [4.69, 9.17) is 22.4 Å². The predicted octanol–water partition coefficient (Wildman–Crippen LogP) is 1.13. The SMILES string of the molecule is NC(=O)N[C@@H](C(=O)O)c1ccc(Cl)cc1. The van der Waals surface area contributed by atoms with Crippen LogP contribution in [0.3, 0.4) is 0 Å². The van der Waals surface area contributed by atoms with Crippen molar-refractivity contribution in [3.05, 3.63) is 34.9 Å². The molecule has 2 amide bonds. The second-order valence-corrected chi connectivity index (χ2v) is 3.27. The van der Waals surface area contributed by atoms with Crippen LogP contribution in [0.25, 0.3) is 0 Å². The maximum absolute atomic E-state index is 10.8. The lowest BCUT2D eigenvalue weighted by molar-refractivity contribution is -0.139. The maximum atomic E-state index is 10.8. The fourth-order valence-corrected chi connectivity index (χ4v) is 1.21. The van der Waals surface area contributed by atoms with Gasteiger partial charge in [0.15, 0.2) is 6.04 Å². The first-order valence-corrected chi connectivity index (χ1v) is 4.42. The molecular weight excluding hydrogens is 220 g/mol. The molecule has 0 saturated carbocycles. The number of primary amides is 1. The molecule has 1 atom stereocenters. The van der Waals surface area contributed by atoms with Crippen molar-refractivity contribution in [2.24, 2.45) is 5.73 Å². The molecule has 0 unspecified atom stereocenters. The minimum atomic E-state index is -1.18. The molecule has 0 aliphatic carbocycles. The predicted molar refractivity (Wildman–Crippen MR) is 54.5 cm³/mol. The van der Waals surface area contributed by atoms with Crippen molar-refractivity contribution in [3.63, 3.8) is 0 Å². The van der Waals surface area contributed by atoms with Crippen LogP contribution < -0.4 is 11.1 Å². The monoisotopic (exact) mass is 228 g/mol. The van der Waals surface area contributed by atoms with Crippen molar-refractivity contribution in [1.29, 1.82) is 0 Å². The van der Waals surface area contributed by atoms with Gasteiger partial charge in [-0.2, -0.15) is 0 Å². The fraction of sp³-hybridized carbons (Fsp3) is 0.111. The third kappa shape index (κ3) is 3.14. The first kappa shape index (κ1) is 11.3. The molecule has 4 N–H and O–H groups in total. The molecule has 0 aliphatic heterocycles. The standard InChI is InChI=1S/C9H9ClN2O3/c10-6-3-1-5(2-4-6)7(8(13)14)12-9(11)15/h1-4,7H,(H,13,14)(H3,11,12,15)/t7-/m1/s1. The molecule has 0 saturated heterocycles. The molecule has 0 spiro atoms. The van der Waals surface area contributed by atoms with Crippen LogP contribution in [0.2, 0.25) is 5.02 Å². The topological polar surface area (TPSA) is 92.4 Å². The van der Waals surface area contributed by atoms with Crippen LogP contribution in [0.15, 0.2) is 24.3 Å². The van der Waals surface area contributed by atoms with Crippen molar-refractivity contribution < 1.29 is 14.7 Å². The van der Waals surface area contributed by atoms with Gasteiger partial charge in [-0.05, 0) is 17.7 Å². The first-order chi connectivity index (χ1) is 7.00. The van der Waals surface area contributed by atoms with Crippen molar-refractivity contribution in [1.82, 2.24) is 5.32 Å². The van der Waals surface area contributed by atoms with E-state index in [-0.39, 0.29) is 0 Å². The Bertz CT molecular complexity index is 377. The molecule has 15 heavy (non-hydrogen) atoms. The normalized spacial score (nSPS) is 11.8. The van der Waals surface area contributed by atoms with E-state index >= 15 is 0 Å². The van der Waals surface area contributed by atoms with E-state index in [9.17, 15) is 9.59 Å². The van der Waals surface area contributed by atoms with Gasteiger partial charge >= 0.3 is 12.0 Å². The molecule has 80 valence electrons. The lowest BCUT2D eigenvalue weighted by Gasteiger charge is -2.12. The number of carbonyl (C=O) groups is 2. The van der Waals surface area contributed by atoms with Gasteiger partial charge in [0.2, 0.25) is 0 Å². The molecule has 0 aromatic heterocycles. The number of rotatable bonds is 3. The van der Waals surface area contributed by atoms with E-state index in [0.29, 0.717) is 10.6 Å². The molecule has 5 nitrogen and oxygen atoms in total. The van der Waals surface area contributed by atoms with E-state index in [1.807, 2.05) is 0 Å². The summed E-state index contributed by atoms with van der Waals surface area (Å²) in [5, 5.41) is 11.4. The molecule has 0 radical (unpaired) electrons. The minimum absolute atomic E-state index is 0.408. The van der Waals surface area contributed by atoms with Crippen LogP contribution in [-0.4, -0.2) is 17.1 Å². The van der Waals surface area contributed by atoms with Gasteiger partial charge in [0.25, 0.3) is 0 Å². The molecule has 1 rings (SSSR count). The fourth-order valence-electron chi connectivity index (χ4n) is 1.09. The number of hydrogen-bond donors (Lipinski definition) is 3. The molecule has 1 aromatic carbocycles. The Morgan fingerprint density at radius 1 is 1.33 bits per heavy atom. The van der Waals surface area contributed by atoms with E-state index in [0.717, 1.165) is 0 Å². The number of benzene rings is 1. The van der Waals surface area contributed by atoms with Crippen molar-refractivity contribution in [2.75, 3.05) is 0 Å². The minimum Gasteiger partial charge on any atom is -0.479 e. The third-order valence-corrected chi connectivity index (χ3v) is 1.99. The Hall–Kier alpha value is -1.75. The average Bonchev–Trinajstić information content (AvgIpc) is 2.15. The van der Waals surface area contributed by atoms with Gasteiger partial charge in [-0.3, -0.25) is 0 Å². The number of nitrogens with one attached hydrogen (secondary N) is 1. The van der Waals surface area contributed by atoms with E-state index < -0.39 is 18.0 Å². The number of carboxylic acid groups (broad SMARTS) is 1. The van der Waals surface area contributed by atoms with Crippen molar-refractivity contribution in [2.45, 2.75) is 6.04 Å². The number of aliphatic carboxylic acids is 1. The van der Waals surface area contributed by atoms with Crippen LogP contribution >= 0.6 is 11.6 Å². The number of nitrogens with two attached hydrogens (primary N) is 1. The zero-order valence-corrected chi connectivity index (χ0v) is 8.36. The zero-order valence-electron chi connectivity index (χ0n) is 7.61. The first-order valence-electron chi connectivity index (χ1n) is 4.05. The molecule has 6 heteroatoms. The smallest absolute Gasteiger partial charge is 0.330 e. The van der Waals surface area contributed by atoms with E-state index in [1.54, 1.807) is 0 Å². The van der Waals surface area contributed by atoms with Crippen molar-refractivity contribution in [3.8, 4) is 0 Å². The second-order valence-electron chi connectivity index (χ2n) is 2.83. The van der Waals surface area contributed by atoms with Gasteiger partial charge in [-0.25, -0.2) is 9.59 Å². The highest BCUT2D eigenvalue weighted by Gasteiger charge is 2.20. The number of halogens is 1. The van der Waals surface area contributed by atoms with E-state index in [2.05, 4.69) is 5.32 Å². The summed E-state index contributed by atoms with van der Waals surface area (Å²) in [6.07, 6.45) is 0. The van der Waals surface area contributed by atoms with Crippen LogP contribution in [0.4, 0.5) is 4.79 Å². The van der Waals surface area contributed by atoms with Gasteiger partial charge < -0.3 is 16.2 Å². The quantitative estimate of drug-likeness (QED) is 0.724. The van der Waals surface area contributed by atoms with Crippen LogP contribution in [0.5, 0.6) is 0 Å². The summed E-state index contributed by atoms with van der Waals surface area (Å²) in [5.41, 5.74) is 5.27. The Morgan fingerprint density at radius 3 is 2.27 bits per heavy atom. The molecule has 0 heterocycles. The lowest BCUT2D eigenvalue weighted by Crippen LogP contribution is -2.37. The Kier molecular flexibility index (Phi) is 3.51. The van der Waals surface area contributed by atoms with Gasteiger partial charge in [0.05, 0.1) is 0 Å². The van der Waals surface area contributed by atoms with Crippen molar-refractivity contribution >= 4 is 23.6 Å². The molecule has 0 aliphatic rings. The number of amides is 2. The molecule has 0 fully saturated rings. The van der Waals surface area contributed by atoms with Gasteiger partial charge in [0.1, 0.15) is 0 Å². The number of carbonyl (C=O) groups excluding carboxylic acids is 1. The average molecular weight is 229 g/mol. The van der Waals surface area contributed by atoms with Gasteiger partial charge in [0, 0.05) is 5.02 Å². The van der Waals surface area contributed by atoms with Crippen LogP contribution in [0.1, 0.15) is 11.6 Å². The van der Waals surface area contributed by atoms with Gasteiger partial charge in [-0.1, -0.05) is 23.7 Å². The number of hydrogen-bond acceptors (Lipinski definition) is 2. The van der Waals surface area contributed by atoms with E-state index in [1.165, 1.54) is 24.3 Å². The Labute approximate surface area is 90.8 Å². The molecular formula is C9H9ClN2O3. The Balaban J connectivity index is 2.94. The lowest BCUT2D eigenvalue weighted by atomic mass is 10.1. The summed E-state index contributed by atoms with van der Waals surface area (Å²) in [7, 11) is 0. The summed E-state index contributed by atoms with van der Waals surface area (Å²) >= 11 is 5.64. The summed E-state index contributed by atoms with van der Waals surface area (Å²) in [6.45, 7) is 0. The summed E-state index contributed by atoms with van der Waals surface area (Å²) in [5.74, 6) is -1.18. The summed E-state index contributed by atoms with van der Waals surface area (Å²) in [6, 6.07) is 4.05. The highest BCUT2D eigenvalue weighted by molar-refractivity contribution is 6.30. The van der Waals surface area contributed by atoms with Crippen LogP contribution in [0, 0.1) is 0 Å². The maximum Gasteiger partial charge on any atom is 0.330 e. The largest absolute Gasteiger partial charge is 0.479 e. The highest BCUT2D eigenvalue weighted by Crippen LogP contribution is 2.16. The highest BCUT2D eigenvalue weighted by atomic mass is 35.5. The molecule has 1 aromatic rings. The zero-order chi connectivity index (χ0) is 11.4.